The van der Waals surface area contributed by atoms with Gasteiger partial charge in [-0.3, -0.25) is 0 Å². The summed E-state index contributed by atoms with van der Waals surface area (Å²) in [6.45, 7) is 1.93. The predicted octanol–water partition coefficient (Wildman–Crippen LogP) is -16.3. The van der Waals surface area contributed by atoms with E-state index in [4.69, 9.17) is 43.6 Å². The second-order valence-corrected chi connectivity index (χ2v) is 3.40. The summed E-state index contributed by atoms with van der Waals surface area (Å²) < 4.78 is 17.8. The Balaban J connectivity index is -0.00000000495. The van der Waals surface area contributed by atoms with Gasteiger partial charge in [-0.05, 0) is 6.92 Å². The minimum absolute atomic E-state index is 0. The molecule has 0 aromatic heterocycles. The van der Waals surface area contributed by atoms with Crippen LogP contribution in [0.3, 0.4) is 0 Å². The summed E-state index contributed by atoms with van der Waals surface area (Å²) in [5, 5.41) is 7.57. The molecule has 16 heteroatoms. The van der Waals surface area contributed by atoms with Crippen molar-refractivity contribution in [3.05, 3.63) is 0 Å². The molecule has 0 amide bonds. The van der Waals surface area contributed by atoms with Crippen molar-refractivity contribution in [1.29, 1.82) is 0 Å². The van der Waals surface area contributed by atoms with Gasteiger partial charge in [0.15, 0.2) is 0 Å². The van der Waals surface area contributed by atoms with Gasteiger partial charge < -0.3 is 41.6 Å². The van der Waals surface area contributed by atoms with E-state index in [-0.39, 0.29) is 162 Å². The van der Waals surface area contributed by atoms with Crippen molar-refractivity contribution in [3.8, 4) is 0 Å². The molecule has 0 saturated heterocycles. The molecule has 0 atom stereocenters. The van der Waals surface area contributed by atoms with Gasteiger partial charge in [0.25, 0.3) is 0 Å². The molecule has 0 heterocycles. The van der Waals surface area contributed by atoms with Gasteiger partial charge in [-0.15, -0.1) is 0 Å². The van der Waals surface area contributed by atoms with Crippen LogP contribution in [0.25, 0.3) is 0 Å². The third-order valence-corrected chi connectivity index (χ3v) is 0. The van der Waals surface area contributed by atoms with Gasteiger partial charge in [0, 0.05) is 6.61 Å². The Hall–Kier alpha value is 5.18. The molecule has 0 spiro atoms. The van der Waals surface area contributed by atoms with Crippen LogP contribution in [0.1, 0.15) is 14.1 Å². The Labute approximate surface area is 223 Å². The van der Waals surface area contributed by atoms with Crippen molar-refractivity contribution in [2.45, 2.75) is 6.92 Å². The van der Waals surface area contributed by atoms with Crippen molar-refractivity contribution in [2.24, 2.45) is 0 Å². The molecule has 0 fully saturated rings. The summed E-state index contributed by atoms with van der Waals surface area (Å²) in [5.74, 6) is 0. The van der Waals surface area contributed by atoms with Gasteiger partial charge in [0.05, 0.1) is 0 Å². The van der Waals surface area contributed by atoms with E-state index in [1.54, 1.807) is 6.92 Å². The van der Waals surface area contributed by atoms with Gasteiger partial charge in [-0.2, -0.15) is 0 Å². The molecule has 0 aromatic carbocycles. The molecule has 0 unspecified atom stereocenters. The van der Waals surface area contributed by atoms with Crippen molar-refractivity contribution < 1.29 is 199 Å². The fourth-order valence-electron chi connectivity index (χ4n) is 0. The maximum absolute atomic E-state index is 8.88. The molecule has 0 radical (unpaired) electrons. The molecular formula is C2H17Na5O9P2. The van der Waals surface area contributed by atoms with E-state index in [0.717, 1.165) is 0 Å². The van der Waals surface area contributed by atoms with Gasteiger partial charge in [0.2, 0.25) is 0 Å². The van der Waals surface area contributed by atoms with E-state index in [1.807, 2.05) is 0 Å². The summed E-state index contributed by atoms with van der Waals surface area (Å²) in [5.41, 5.74) is 0. The summed E-state index contributed by atoms with van der Waals surface area (Å²) in [6.07, 6.45) is 0. The molecule has 18 heavy (non-hydrogen) atoms. The molecule has 7 N–H and O–H groups in total. The van der Waals surface area contributed by atoms with Crippen LogP contribution in [0.2, 0.25) is 0 Å². The Bertz CT molecular complexity index is 172. The first kappa shape index (κ1) is 49.5. The van der Waals surface area contributed by atoms with E-state index >= 15 is 0 Å². The van der Waals surface area contributed by atoms with E-state index in [0.29, 0.717) is 0 Å². The first-order chi connectivity index (χ1) is 5.41. The molecule has 0 bridgehead atoms. The molecule has 0 saturated carbocycles. The van der Waals surface area contributed by atoms with Crippen molar-refractivity contribution in [2.75, 3.05) is 6.61 Å². The third-order valence-electron chi connectivity index (χ3n) is 0. The number of aliphatic hydroxyl groups excluding tert-OH is 1. The summed E-state index contributed by atoms with van der Waals surface area (Å²) in [7, 11) is -9.28. The number of hydrogen-bond acceptors (Lipinski definition) is 3. The molecular weight excluding hydrogens is 345 g/mol. The molecule has 0 rings (SSSR count). The van der Waals surface area contributed by atoms with E-state index in [1.165, 1.54) is 0 Å². The average molecular weight is 362 g/mol. The van der Waals surface area contributed by atoms with Crippen LogP contribution in [-0.4, -0.2) is 41.1 Å². The Morgan fingerprint density at radius 3 is 0.722 bits per heavy atom. The maximum atomic E-state index is 8.88. The van der Waals surface area contributed by atoms with Crippen LogP contribution in [-0.2, 0) is 9.13 Å². The molecule has 9 nitrogen and oxygen atoms in total. The smallest absolute Gasteiger partial charge is 1.00 e. The maximum Gasteiger partial charge on any atom is 1.00 e. The zero-order valence-corrected chi connectivity index (χ0v) is 23.3. The zero-order chi connectivity index (χ0) is 11.7. The Morgan fingerprint density at radius 1 is 0.722 bits per heavy atom. The summed E-state index contributed by atoms with van der Waals surface area (Å²) in [6, 6.07) is 0. The quantitative estimate of drug-likeness (QED) is 0.163. The van der Waals surface area contributed by atoms with Crippen LogP contribution < -0.4 is 148 Å². The minimum Gasteiger partial charge on any atom is -1.00 e. The standard InChI is InChI=1S/C2H6O.5Na.2H3O4P.5H/c1-2-3;;;;;;2*1-5(2,3)4;;;;;/h3H,2H2,1H3;;;;;;2*(H3,1,2,3,4);;;;;/q;5*+1;;;5*-1. The summed E-state index contributed by atoms with van der Waals surface area (Å²) >= 11 is 0. The number of hydrogen-bond donors (Lipinski definition) is 7. The normalized spacial score (nSPS) is 7.56. The second kappa shape index (κ2) is 30.1. The van der Waals surface area contributed by atoms with Crippen LogP contribution in [0, 0.1) is 0 Å². The average Bonchev–Trinajstić information content (AvgIpc) is 1.52. The first-order valence-electron chi connectivity index (χ1n) is 2.59. The van der Waals surface area contributed by atoms with Crippen molar-refractivity contribution in [3.63, 3.8) is 0 Å². The fraction of sp³-hybridized carbons (Fsp3) is 1.00. The molecule has 0 aromatic rings. The molecule has 0 aliphatic heterocycles. The fourth-order valence-corrected chi connectivity index (χ4v) is 0. The van der Waals surface area contributed by atoms with E-state index < -0.39 is 15.6 Å². The topological polar surface area (TPSA) is 176 Å². The van der Waals surface area contributed by atoms with E-state index in [9.17, 15) is 0 Å². The Morgan fingerprint density at radius 2 is 0.722 bits per heavy atom. The number of rotatable bonds is 0. The predicted molar refractivity (Wildman–Crippen MR) is 46.8 cm³/mol. The third kappa shape index (κ3) is 321. The Kier molecular flexibility index (Phi) is 82.8. The molecule has 94 valence electrons. The van der Waals surface area contributed by atoms with Crippen LogP contribution in [0.5, 0.6) is 0 Å². The zero-order valence-electron chi connectivity index (χ0n) is 16.5. The van der Waals surface area contributed by atoms with Crippen LogP contribution in [0.15, 0.2) is 0 Å². The van der Waals surface area contributed by atoms with Crippen LogP contribution in [0.4, 0.5) is 0 Å². The van der Waals surface area contributed by atoms with Crippen LogP contribution >= 0.6 is 15.6 Å². The second-order valence-electron chi connectivity index (χ2n) is 1.34. The van der Waals surface area contributed by atoms with E-state index in [2.05, 4.69) is 0 Å². The molecule has 0 aliphatic rings. The van der Waals surface area contributed by atoms with Crippen molar-refractivity contribution >= 4 is 15.6 Å². The first-order valence-corrected chi connectivity index (χ1v) is 5.72. The van der Waals surface area contributed by atoms with Gasteiger partial charge in [-0.25, -0.2) is 9.13 Å². The minimum atomic E-state index is -4.64. The number of phosphoric acid groups is 2. The monoisotopic (exact) mass is 362 g/mol. The summed E-state index contributed by atoms with van der Waals surface area (Å²) in [4.78, 5) is 43.1. The number of aliphatic hydroxyl groups is 1. The molecule has 0 aliphatic carbocycles. The van der Waals surface area contributed by atoms with Gasteiger partial charge in [0.1, 0.15) is 0 Å². The van der Waals surface area contributed by atoms with Crippen molar-refractivity contribution in [1.82, 2.24) is 0 Å². The van der Waals surface area contributed by atoms with Gasteiger partial charge >= 0.3 is 163 Å². The van der Waals surface area contributed by atoms with Gasteiger partial charge in [-0.1, -0.05) is 0 Å². The largest absolute Gasteiger partial charge is 1.00 e. The SMILES string of the molecule is CCO.O=P(O)(O)O.O=P(O)(O)O.[H-].[H-].[H-].[H-].[H-].[Na+].[Na+].[Na+].[Na+].[Na+].